The topological polar surface area (TPSA) is 75.8 Å². The molecule has 0 spiro atoms. The Morgan fingerprint density at radius 2 is 2.00 bits per heavy atom. The van der Waals surface area contributed by atoms with E-state index in [0.717, 1.165) is 11.3 Å². The third-order valence-corrected chi connectivity index (χ3v) is 4.08. The van der Waals surface area contributed by atoms with Gasteiger partial charge >= 0.3 is 0 Å². The van der Waals surface area contributed by atoms with Crippen molar-refractivity contribution in [3.63, 3.8) is 0 Å². The molecule has 0 fully saturated rings. The number of nitrogens with zero attached hydrogens (tertiary/aromatic N) is 1. The Morgan fingerprint density at radius 3 is 2.71 bits per heavy atom. The van der Waals surface area contributed by atoms with E-state index in [1.165, 1.54) is 24.3 Å². The van der Waals surface area contributed by atoms with Crippen molar-refractivity contribution in [1.82, 2.24) is 0 Å². The van der Waals surface area contributed by atoms with Gasteiger partial charge in [-0.1, -0.05) is 18.2 Å². The highest BCUT2D eigenvalue weighted by atomic mass is 19.1. The highest BCUT2D eigenvalue weighted by molar-refractivity contribution is 5.86. The van der Waals surface area contributed by atoms with Gasteiger partial charge in [-0.05, 0) is 35.9 Å². The third kappa shape index (κ3) is 3.49. The van der Waals surface area contributed by atoms with Crippen molar-refractivity contribution in [3.05, 3.63) is 59.9 Å². The fourth-order valence-electron chi connectivity index (χ4n) is 2.93. The molecule has 2 atom stereocenters. The molecule has 1 heterocycles. The second kappa shape index (κ2) is 6.88. The lowest BCUT2D eigenvalue weighted by molar-refractivity contribution is -0.119. The monoisotopic (exact) mass is 330 g/mol. The van der Waals surface area contributed by atoms with Crippen LogP contribution in [0.25, 0.3) is 0 Å². The summed E-state index contributed by atoms with van der Waals surface area (Å²) in [5.74, 6) is -0.289. The molecule has 3 rings (SSSR count). The Kier molecular flexibility index (Phi) is 4.66. The summed E-state index contributed by atoms with van der Waals surface area (Å²) >= 11 is 0. The van der Waals surface area contributed by atoms with Crippen LogP contribution in [-0.2, 0) is 11.2 Å². The van der Waals surface area contributed by atoms with Crippen molar-refractivity contribution in [3.8, 4) is 5.75 Å². The molecular weight excluding hydrogens is 311 g/mol. The molecule has 1 amide bonds. The molecule has 0 aliphatic carbocycles. The quantitative estimate of drug-likeness (QED) is 0.841. The first-order valence-electron chi connectivity index (χ1n) is 7.75. The maximum atomic E-state index is 12.9. The number of benzene rings is 2. The number of hydrogen-bond donors (Lipinski definition) is 2. The highest BCUT2D eigenvalue weighted by Crippen LogP contribution is 2.31. The molecule has 0 saturated carbocycles. The first kappa shape index (κ1) is 16.3. The summed E-state index contributed by atoms with van der Waals surface area (Å²) in [5.41, 5.74) is 7.43. The summed E-state index contributed by atoms with van der Waals surface area (Å²) in [4.78, 5) is 13.5. The molecule has 24 heavy (non-hydrogen) atoms. The summed E-state index contributed by atoms with van der Waals surface area (Å²) in [6.07, 6.45) is -0.278. The number of halogens is 1. The average Bonchev–Trinajstić information content (AvgIpc) is 2.93. The van der Waals surface area contributed by atoms with E-state index in [-0.39, 0.29) is 19.0 Å². The summed E-state index contributed by atoms with van der Waals surface area (Å²) in [5, 5.41) is 10.3. The van der Waals surface area contributed by atoms with Crippen molar-refractivity contribution in [2.24, 2.45) is 5.73 Å². The number of nitrogens with two attached hydrogens (primary N) is 1. The van der Waals surface area contributed by atoms with E-state index in [4.69, 9.17) is 10.5 Å². The number of para-hydroxylation sites is 1. The highest BCUT2D eigenvalue weighted by Gasteiger charge is 2.33. The van der Waals surface area contributed by atoms with Crippen LogP contribution in [0.4, 0.5) is 10.1 Å². The number of amides is 1. The first-order valence-corrected chi connectivity index (χ1v) is 7.75. The predicted octanol–water partition coefficient (Wildman–Crippen LogP) is 1.48. The molecule has 1 aliphatic rings. The molecule has 0 saturated heterocycles. The molecule has 2 aromatic carbocycles. The average molecular weight is 330 g/mol. The van der Waals surface area contributed by atoms with Gasteiger partial charge < -0.3 is 20.5 Å². The summed E-state index contributed by atoms with van der Waals surface area (Å²) in [6, 6.07) is 12.8. The van der Waals surface area contributed by atoms with Crippen molar-refractivity contribution in [2.45, 2.75) is 18.6 Å². The van der Waals surface area contributed by atoms with Crippen molar-refractivity contribution in [1.29, 1.82) is 0 Å². The second-order valence-electron chi connectivity index (χ2n) is 5.82. The zero-order valence-electron chi connectivity index (χ0n) is 13.1. The number of ether oxygens (including phenoxy) is 1. The Hall–Kier alpha value is -2.60. The Bertz CT molecular complexity index is 720. The van der Waals surface area contributed by atoms with Crippen LogP contribution in [0.5, 0.6) is 5.75 Å². The van der Waals surface area contributed by atoms with Gasteiger partial charge in [-0.2, -0.15) is 0 Å². The maximum Gasteiger partial charge on any atom is 0.240 e. The molecule has 0 aromatic heterocycles. The van der Waals surface area contributed by atoms with Crippen LogP contribution >= 0.6 is 0 Å². The van der Waals surface area contributed by atoms with Gasteiger partial charge in [0.1, 0.15) is 30.3 Å². The molecule has 126 valence electrons. The number of carbonyl (C=O) groups excluding carboxylic acids is 1. The van der Waals surface area contributed by atoms with Gasteiger partial charge in [0, 0.05) is 18.7 Å². The minimum absolute atomic E-state index is 0.0375. The number of hydrogen-bond acceptors (Lipinski definition) is 4. The molecule has 3 N–H and O–H groups in total. The Morgan fingerprint density at radius 1 is 1.29 bits per heavy atom. The van der Waals surface area contributed by atoms with Crippen molar-refractivity contribution in [2.75, 3.05) is 18.1 Å². The van der Waals surface area contributed by atoms with Gasteiger partial charge in [-0.25, -0.2) is 4.39 Å². The first-order chi connectivity index (χ1) is 11.5. The molecule has 5 nitrogen and oxygen atoms in total. The third-order valence-electron chi connectivity index (χ3n) is 4.08. The molecule has 6 heteroatoms. The normalized spacial score (nSPS) is 17.4. The lowest BCUT2D eigenvalue weighted by Crippen LogP contribution is -2.47. The van der Waals surface area contributed by atoms with Crippen LogP contribution in [0.15, 0.2) is 48.5 Å². The molecule has 2 aromatic rings. The molecule has 1 aliphatic heterocycles. The van der Waals surface area contributed by atoms with E-state index < -0.39 is 18.1 Å². The van der Waals surface area contributed by atoms with Crippen molar-refractivity contribution < 1.29 is 19.0 Å². The lowest BCUT2D eigenvalue weighted by Gasteiger charge is -2.27. The number of anilines is 1. The van der Waals surface area contributed by atoms with Gasteiger partial charge in [-0.15, -0.1) is 0 Å². The van der Waals surface area contributed by atoms with Crippen LogP contribution in [0.2, 0.25) is 0 Å². The zero-order chi connectivity index (χ0) is 17.1. The number of rotatable bonds is 6. The van der Waals surface area contributed by atoms with Gasteiger partial charge in [0.05, 0.1) is 0 Å². The second-order valence-corrected chi connectivity index (χ2v) is 5.82. The molecular formula is C18H19FN2O3. The van der Waals surface area contributed by atoms with Crippen LogP contribution < -0.4 is 15.4 Å². The Balaban J connectivity index is 1.64. The zero-order valence-corrected chi connectivity index (χ0v) is 13.1. The molecule has 1 unspecified atom stereocenters. The standard InChI is InChI=1S/C18H19FN2O3/c19-13-5-7-15(8-6-13)24-11-14(22)10-21-16-4-2-1-3-12(16)9-17(21)18(20)23/h1-8,14,17,22H,9-11H2,(H2,20,23)/t14?,17-/m0/s1. The van der Waals surface area contributed by atoms with E-state index in [2.05, 4.69) is 0 Å². The number of fused-ring (bicyclic) bond motifs is 1. The Labute approximate surface area is 139 Å². The van der Waals surface area contributed by atoms with Crippen LogP contribution in [0.1, 0.15) is 5.56 Å². The minimum Gasteiger partial charge on any atom is -0.491 e. The SMILES string of the molecule is NC(=O)[C@@H]1Cc2ccccc2N1CC(O)COc1ccc(F)cc1. The van der Waals surface area contributed by atoms with E-state index in [1.54, 1.807) is 0 Å². The molecule has 0 bridgehead atoms. The largest absolute Gasteiger partial charge is 0.491 e. The van der Waals surface area contributed by atoms with E-state index in [9.17, 15) is 14.3 Å². The van der Waals surface area contributed by atoms with Gasteiger partial charge in [0.25, 0.3) is 0 Å². The number of primary amides is 1. The van der Waals surface area contributed by atoms with E-state index in [1.807, 2.05) is 29.2 Å². The molecule has 0 radical (unpaired) electrons. The number of aliphatic hydroxyl groups excluding tert-OH is 1. The fraction of sp³-hybridized carbons (Fsp3) is 0.278. The predicted molar refractivity (Wildman–Crippen MR) is 88.4 cm³/mol. The summed E-state index contributed by atoms with van der Waals surface area (Å²) in [7, 11) is 0. The van der Waals surface area contributed by atoms with Crippen LogP contribution in [0, 0.1) is 5.82 Å². The van der Waals surface area contributed by atoms with Gasteiger partial charge in [0.2, 0.25) is 5.91 Å². The van der Waals surface area contributed by atoms with E-state index in [0.29, 0.717) is 12.2 Å². The van der Waals surface area contributed by atoms with Crippen LogP contribution in [0.3, 0.4) is 0 Å². The number of β-amino-alcohol motifs (C(OH)–C–C–N with tert-alkyl or cyclic N) is 1. The maximum absolute atomic E-state index is 12.9. The van der Waals surface area contributed by atoms with Crippen LogP contribution in [-0.4, -0.2) is 36.3 Å². The number of carbonyl (C=O) groups is 1. The number of aliphatic hydroxyl groups is 1. The minimum atomic E-state index is -0.817. The fourth-order valence-corrected chi connectivity index (χ4v) is 2.93. The van der Waals surface area contributed by atoms with Gasteiger partial charge in [-0.3, -0.25) is 4.79 Å². The lowest BCUT2D eigenvalue weighted by atomic mass is 10.1. The van der Waals surface area contributed by atoms with E-state index >= 15 is 0 Å². The van der Waals surface area contributed by atoms with Gasteiger partial charge in [0.15, 0.2) is 0 Å². The summed E-state index contributed by atoms with van der Waals surface area (Å²) in [6.45, 7) is 0.265. The smallest absolute Gasteiger partial charge is 0.240 e. The summed E-state index contributed by atoms with van der Waals surface area (Å²) < 4.78 is 18.3. The van der Waals surface area contributed by atoms with Crippen molar-refractivity contribution >= 4 is 11.6 Å².